The highest BCUT2D eigenvalue weighted by Crippen LogP contribution is 2.17. The molecule has 0 aliphatic rings. The molecule has 0 bridgehead atoms. The summed E-state index contributed by atoms with van der Waals surface area (Å²) in [6.07, 6.45) is 1.23. The summed E-state index contributed by atoms with van der Waals surface area (Å²) < 4.78 is 1.21. The summed E-state index contributed by atoms with van der Waals surface area (Å²) in [6, 6.07) is 7.31. The molecule has 0 atom stereocenters. The van der Waals surface area contributed by atoms with E-state index in [0.29, 0.717) is 18.1 Å². The molecule has 1 aromatic carbocycles. The van der Waals surface area contributed by atoms with Gasteiger partial charge in [-0.2, -0.15) is 0 Å². The van der Waals surface area contributed by atoms with Gasteiger partial charge in [0.15, 0.2) is 5.69 Å². The van der Waals surface area contributed by atoms with E-state index in [1.165, 1.54) is 10.9 Å². The summed E-state index contributed by atoms with van der Waals surface area (Å²) in [7, 11) is 0. The number of carboxylic acids is 1. The van der Waals surface area contributed by atoms with Crippen LogP contribution in [0.3, 0.4) is 0 Å². The maximum absolute atomic E-state index is 12.3. The van der Waals surface area contributed by atoms with Crippen molar-refractivity contribution in [2.75, 3.05) is 6.54 Å². The van der Waals surface area contributed by atoms with Crippen molar-refractivity contribution in [2.45, 2.75) is 20.0 Å². The number of rotatable bonds is 6. The second-order valence-corrected chi connectivity index (χ2v) is 5.01. The molecular weight excluding hydrogens is 308 g/mol. The molecule has 0 saturated heterocycles. The third kappa shape index (κ3) is 3.82. The Hall–Kier alpha value is -2.41. The first kappa shape index (κ1) is 16.0. The van der Waals surface area contributed by atoms with Crippen LogP contribution in [0.1, 0.15) is 23.0 Å². The van der Waals surface area contributed by atoms with Crippen molar-refractivity contribution in [2.24, 2.45) is 0 Å². The normalized spacial score (nSPS) is 10.5. The predicted octanol–water partition coefficient (Wildman–Crippen LogP) is 1.68. The van der Waals surface area contributed by atoms with Crippen LogP contribution in [0.15, 0.2) is 30.5 Å². The van der Waals surface area contributed by atoms with Gasteiger partial charge in [0, 0.05) is 18.1 Å². The highest BCUT2D eigenvalue weighted by molar-refractivity contribution is 6.31. The minimum Gasteiger partial charge on any atom is -0.476 e. The molecule has 116 valence electrons. The molecule has 1 amide bonds. The van der Waals surface area contributed by atoms with Gasteiger partial charge in [0.25, 0.3) is 0 Å². The number of halogens is 1. The van der Waals surface area contributed by atoms with Gasteiger partial charge in [-0.1, -0.05) is 35.0 Å². The van der Waals surface area contributed by atoms with Gasteiger partial charge in [-0.3, -0.25) is 4.79 Å². The minimum absolute atomic E-state index is 0.0709. The number of nitrogens with zero attached hydrogens (tertiary/aromatic N) is 4. The number of carboxylic acid groups (broad SMARTS) is 1. The molecule has 0 aliphatic carbocycles. The van der Waals surface area contributed by atoms with Crippen molar-refractivity contribution in [3.8, 4) is 0 Å². The molecule has 0 spiro atoms. The quantitative estimate of drug-likeness (QED) is 0.874. The van der Waals surface area contributed by atoms with Crippen molar-refractivity contribution >= 4 is 23.5 Å². The van der Waals surface area contributed by atoms with E-state index >= 15 is 0 Å². The van der Waals surface area contributed by atoms with Crippen LogP contribution in [0.25, 0.3) is 0 Å². The first-order chi connectivity index (χ1) is 10.5. The maximum Gasteiger partial charge on any atom is 0.358 e. The van der Waals surface area contributed by atoms with Crippen LogP contribution in [-0.2, 0) is 17.9 Å². The maximum atomic E-state index is 12.3. The molecule has 8 heteroatoms. The van der Waals surface area contributed by atoms with Gasteiger partial charge in [0.2, 0.25) is 5.91 Å². The molecule has 2 aromatic rings. The SMILES string of the molecule is CCN(Cc1ccccc1Cl)C(=O)Cn1cc(C(=O)O)nn1. The van der Waals surface area contributed by atoms with Gasteiger partial charge in [-0.25, -0.2) is 9.48 Å². The van der Waals surface area contributed by atoms with Gasteiger partial charge in [0.1, 0.15) is 6.54 Å². The van der Waals surface area contributed by atoms with E-state index < -0.39 is 5.97 Å². The van der Waals surface area contributed by atoms with Crippen LogP contribution >= 0.6 is 11.6 Å². The van der Waals surface area contributed by atoms with E-state index in [-0.39, 0.29) is 18.1 Å². The van der Waals surface area contributed by atoms with E-state index in [1.807, 2.05) is 25.1 Å². The lowest BCUT2D eigenvalue weighted by Crippen LogP contribution is -2.33. The van der Waals surface area contributed by atoms with Gasteiger partial charge >= 0.3 is 5.97 Å². The number of aromatic carboxylic acids is 1. The van der Waals surface area contributed by atoms with Crippen LogP contribution < -0.4 is 0 Å². The van der Waals surface area contributed by atoms with Crippen LogP contribution in [0.4, 0.5) is 0 Å². The summed E-state index contributed by atoms with van der Waals surface area (Å²) in [6.45, 7) is 2.68. The van der Waals surface area contributed by atoms with E-state index in [9.17, 15) is 9.59 Å². The number of carbonyl (C=O) groups excluding carboxylic acids is 1. The number of amides is 1. The fraction of sp³-hybridized carbons (Fsp3) is 0.286. The molecule has 22 heavy (non-hydrogen) atoms. The highest BCUT2D eigenvalue weighted by Gasteiger charge is 2.16. The molecule has 0 radical (unpaired) electrons. The van der Waals surface area contributed by atoms with Gasteiger partial charge in [0.05, 0.1) is 6.20 Å². The first-order valence-corrected chi connectivity index (χ1v) is 7.03. The lowest BCUT2D eigenvalue weighted by atomic mass is 10.2. The summed E-state index contributed by atoms with van der Waals surface area (Å²) in [4.78, 5) is 24.6. The Bertz CT molecular complexity index is 686. The molecule has 7 nitrogen and oxygen atoms in total. The fourth-order valence-corrected chi connectivity index (χ4v) is 2.12. The van der Waals surface area contributed by atoms with Crippen LogP contribution in [0, 0.1) is 0 Å². The number of hydrogen-bond donors (Lipinski definition) is 1. The zero-order chi connectivity index (χ0) is 16.1. The van der Waals surface area contributed by atoms with E-state index in [4.69, 9.17) is 16.7 Å². The summed E-state index contributed by atoms with van der Waals surface area (Å²) in [5.41, 5.74) is 0.658. The molecule has 1 aromatic heterocycles. The zero-order valence-corrected chi connectivity index (χ0v) is 12.7. The zero-order valence-electron chi connectivity index (χ0n) is 11.9. The van der Waals surface area contributed by atoms with Crippen molar-refractivity contribution < 1.29 is 14.7 Å². The molecular formula is C14H15ClN4O3. The Morgan fingerprint density at radius 2 is 2.09 bits per heavy atom. The Kier molecular flexibility index (Phi) is 5.11. The third-order valence-corrected chi connectivity index (χ3v) is 3.48. The molecule has 0 aliphatic heterocycles. The fourth-order valence-electron chi connectivity index (χ4n) is 1.92. The van der Waals surface area contributed by atoms with Gasteiger partial charge in [-0.05, 0) is 18.6 Å². The highest BCUT2D eigenvalue weighted by atomic mass is 35.5. The number of benzene rings is 1. The van der Waals surface area contributed by atoms with Gasteiger partial charge in [-0.15, -0.1) is 5.10 Å². The molecule has 2 rings (SSSR count). The largest absolute Gasteiger partial charge is 0.476 e. The predicted molar refractivity (Wildman–Crippen MR) is 79.5 cm³/mol. The number of carbonyl (C=O) groups is 2. The lowest BCUT2D eigenvalue weighted by Gasteiger charge is -2.21. The van der Waals surface area contributed by atoms with E-state index in [2.05, 4.69) is 10.3 Å². The number of aromatic nitrogens is 3. The average molecular weight is 323 g/mol. The van der Waals surface area contributed by atoms with E-state index in [1.54, 1.807) is 11.0 Å². The Labute approximate surface area is 132 Å². The number of likely N-dealkylation sites (N-methyl/N-ethyl adjacent to an activating group) is 1. The monoisotopic (exact) mass is 322 g/mol. The molecule has 0 unspecified atom stereocenters. The molecule has 0 fully saturated rings. The molecule has 0 saturated carbocycles. The third-order valence-electron chi connectivity index (χ3n) is 3.11. The summed E-state index contributed by atoms with van der Waals surface area (Å²) >= 11 is 6.10. The Morgan fingerprint density at radius 1 is 1.36 bits per heavy atom. The Morgan fingerprint density at radius 3 is 2.68 bits per heavy atom. The average Bonchev–Trinajstić information content (AvgIpc) is 2.95. The molecule has 1 heterocycles. The smallest absolute Gasteiger partial charge is 0.358 e. The first-order valence-electron chi connectivity index (χ1n) is 6.66. The lowest BCUT2D eigenvalue weighted by molar-refractivity contribution is -0.132. The molecule has 1 N–H and O–H groups in total. The van der Waals surface area contributed by atoms with Crippen LogP contribution in [0.2, 0.25) is 5.02 Å². The van der Waals surface area contributed by atoms with E-state index in [0.717, 1.165) is 5.56 Å². The van der Waals surface area contributed by atoms with Crippen LogP contribution in [0.5, 0.6) is 0 Å². The summed E-state index contributed by atoms with van der Waals surface area (Å²) in [5, 5.41) is 16.5. The second kappa shape index (κ2) is 7.04. The van der Waals surface area contributed by atoms with Crippen molar-refractivity contribution in [1.82, 2.24) is 19.9 Å². The van der Waals surface area contributed by atoms with Crippen molar-refractivity contribution in [3.05, 3.63) is 46.7 Å². The summed E-state index contributed by atoms with van der Waals surface area (Å²) in [5.74, 6) is -1.37. The van der Waals surface area contributed by atoms with Gasteiger partial charge < -0.3 is 10.0 Å². The van der Waals surface area contributed by atoms with Crippen LogP contribution in [-0.4, -0.2) is 43.4 Å². The van der Waals surface area contributed by atoms with Crippen molar-refractivity contribution in [1.29, 1.82) is 0 Å². The topological polar surface area (TPSA) is 88.3 Å². The van der Waals surface area contributed by atoms with Crippen molar-refractivity contribution in [3.63, 3.8) is 0 Å². The Balaban J connectivity index is 2.05. The minimum atomic E-state index is -1.18. The second-order valence-electron chi connectivity index (χ2n) is 4.61. The number of hydrogen-bond acceptors (Lipinski definition) is 4. The standard InChI is InChI=1S/C14H15ClN4O3/c1-2-18(7-10-5-3-4-6-11(10)15)13(20)9-19-8-12(14(21)22)16-17-19/h3-6,8H,2,7,9H2,1H3,(H,21,22).